The first-order chi connectivity index (χ1) is 9.34. The third-order valence-corrected chi connectivity index (χ3v) is 4.26. The first kappa shape index (κ1) is 11.2. The lowest BCUT2D eigenvalue weighted by Crippen LogP contribution is -2.14. The Labute approximate surface area is 113 Å². The average Bonchev–Trinajstić information content (AvgIpc) is 2.65. The van der Waals surface area contributed by atoms with Crippen LogP contribution in [0.5, 0.6) is 0 Å². The second kappa shape index (κ2) is 4.20. The van der Waals surface area contributed by atoms with E-state index in [0.29, 0.717) is 0 Å². The zero-order valence-electron chi connectivity index (χ0n) is 11.2. The van der Waals surface area contributed by atoms with Gasteiger partial charge >= 0.3 is 0 Å². The Morgan fingerprint density at radius 2 is 2.32 bits per heavy atom. The Hall–Kier alpha value is -1.61. The SMILES string of the molecule is Cc1cccc2c3c4c(nc12)CCCC4OCCN3. The summed E-state index contributed by atoms with van der Waals surface area (Å²) in [6.45, 7) is 3.81. The first-order valence-corrected chi connectivity index (χ1v) is 7.12. The van der Waals surface area contributed by atoms with Crippen molar-refractivity contribution in [1.82, 2.24) is 4.98 Å². The van der Waals surface area contributed by atoms with Crippen molar-refractivity contribution < 1.29 is 4.74 Å². The summed E-state index contributed by atoms with van der Waals surface area (Å²) in [5, 5.41) is 4.82. The predicted molar refractivity (Wildman–Crippen MR) is 76.6 cm³/mol. The van der Waals surface area contributed by atoms with Crippen LogP contribution in [0.2, 0.25) is 0 Å². The van der Waals surface area contributed by atoms with Gasteiger partial charge in [0.05, 0.1) is 23.9 Å². The molecule has 1 unspecified atom stereocenters. The average molecular weight is 254 g/mol. The molecule has 0 amide bonds. The predicted octanol–water partition coefficient (Wildman–Crippen LogP) is 3.36. The fourth-order valence-electron chi connectivity index (χ4n) is 3.36. The summed E-state index contributed by atoms with van der Waals surface area (Å²) in [5.41, 5.74) is 6.23. The number of anilines is 1. The highest BCUT2D eigenvalue weighted by Gasteiger charge is 2.28. The Morgan fingerprint density at radius 1 is 1.37 bits per heavy atom. The summed E-state index contributed by atoms with van der Waals surface area (Å²) < 4.78 is 5.99. The largest absolute Gasteiger partial charge is 0.382 e. The number of para-hydroxylation sites is 1. The molecule has 1 aliphatic carbocycles. The molecule has 19 heavy (non-hydrogen) atoms. The Bertz CT molecular complexity index is 651. The fourth-order valence-corrected chi connectivity index (χ4v) is 3.36. The Morgan fingerprint density at radius 3 is 3.26 bits per heavy atom. The molecule has 0 bridgehead atoms. The topological polar surface area (TPSA) is 34.1 Å². The van der Waals surface area contributed by atoms with Gasteiger partial charge in [0.1, 0.15) is 0 Å². The van der Waals surface area contributed by atoms with Gasteiger partial charge in [0, 0.05) is 23.2 Å². The van der Waals surface area contributed by atoms with E-state index in [2.05, 4.69) is 30.4 Å². The number of pyridine rings is 1. The van der Waals surface area contributed by atoms with Crippen LogP contribution in [0.25, 0.3) is 10.9 Å². The van der Waals surface area contributed by atoms with Crippen molar-refractivity contribution in [3.05, 3.63) is 35.0 Å². The summed E-state index contributed by atoms with van der Waals surface area (Å²) in [6, 6.07) is 6.43. The van der Waals surface area contributed by atoms with Crippen LogP contribution in [0.15, 0.2) is 18.2 Å². The lowest BCUT2D eigenvalue weighted by atomic mass is 9.90. The van der Waals surface area contributed by atoms with E-state index >= 15 is 0 Å². The van der Waals surface area contributed by atoms with Crippen LogP contribution in [0.3, 0.4) is 0 Å². The molecule has 3 nitrogen and oxygen atoms in total. The van der Waals surface area contributed by atoms with Gasteiger partial charge in [-0.3, -0.25) is 4.98 Å². The molecule has 2 aliphatic rings. The van der Waals surface area contributed by atoms with Gasteiger partial charge in [-0.1, -0.05) is 18.2 Å². The van der Waals surface area contributed by atoms with Gasteiger partial charge in [-0.2, -0.15) is 0 Å². The number of hydrogen-bond acceptors (Lipinski definition) is 3. The third kappa shape index (κ3) is 1.65. The number of hydrogen-bond donors (Lipinski definition) is 1. The van der Waals surface area contributed by atoms with Crippen molar-refractivity contribution in [3.63, 3.8) is 0 Å². The van der Waals surface area contributed by atoms with E-state index in [-0.39, 0.29) is 6.10 Å². The highest BCUT2D eigenvalue weighted by atomic mass is 16.5. The quantitative estimate of drug-likeness (QED) is 0.782. The molecule has 1 aromatic heterocycles. The normalized spacial score (nSPS) is 21.6. The minimum Gasteiger partial charge on any atom is -0.382 e. The third-order valence-electron chi connectivity index (χ3n) is 4.26. The first-order valence-electron chi connectivity index (χ1n) is 7.12. The molecule has 3 heteroatoms. The highest BCUT2D eigenvalue weighted by molar-refractivity contribution is 5.95. The van der Waals surface area contributed by atoms with Crippen molar-refractivity contribution in [3.8, 4) is 0 Å². The zero-order valence-corrected chi connectivity index (χ0v) is 11.2. The van der Waals surface area contributed by atoms with E-state index in [1.165, 1.54) is 34.3 Å². The Kier molecular flexibility index (Phi) is 2.49. The van der Waals surface area contributed by atoms with Crippen molar-refractivity contribution >= 4 is 16.6 Å². The maximum absolute atomic E-state index is 5.99. The van der Waals surface area contributed by atoms with Crippen LogP contribution < -0.4 is 5.32 Å². The van der Waals surface area contributed by atoms with E-state index in [1.54, 1.807) is 0 Å². The molecule has 0 saturated heterocycles. The number of nitrogens with one attached hydrogen (secondary N) is 1. The van der Waals surface area contributed by atoms with Crippen molar-refractivity contribution in [2.45, 2.75) is 32.3 Å². The molecule has 1 atom stereocenters. The monoisotopic (exact) mass is 254 g/mol. The minimum atomic E-state index is 0.242. The van der Waals surface area contributed by atoms with Crippen LogP contribution in [-0.4, -0.2) is 18.1 Å². The van der Waals surface area contributed by atoms with Gasteiger partial charge in [-0.05, 0) is 31.7 Å². The molecule has 1 aromatic carbocycles. The molecular weight excluding hydrogens is 236 g/mol. The van der Waals surface area contributed by atoms with E-state index in [1.807, 2.05) is 0 Å². The van der Waals surface area contributed by atoms with Crippen LogP contribution in [-0.2, 0) is 11.2 Å². The molecule has 4 rings (SSSR count). The van der Waals surface area contributed by atoms with Gasteiger partial charge in [-0.15, -0.1) is 0 Å². The van der Waals surface area contributed by atoms with Crippen LogP contribution in [0.4, 0.5) is 5.69 Å². The molecule has 2 heterocycles. The highest BCUT2D eigenvalue weighted by Crippen LogP contribution is 2.41. The fraction of sp³-hybridized carbons (Fsp3) is 0.438. The molecular formula is C16H18N2O. The minimum absolute atomic E-state index is 0.242. The summed E-state index contributed by atoms with van der Waals surface area (Å²) >= 11 is 0. The number of aromatic nitrogens is 1. The molecule has 1 aliphatic heterocycles. The molecule has 98 valence electrons. The van der Waals surface area contributed by atoms with Gasteiger partial charge in [0.15, 0.2) is 0 Å². The van der Waals surface area contributed by atoms with Crippen molar-refractivity contribution in [1.29, 1.82) is 0 Å². The van der Waals surface area contributed by atoms with Crippen LogP contribution in [0, 0.1) is 6.92 Å². The smallest absolute Gasteiger partial charge is 0.0864 e. The maximum atomic E-state index is 5.99. The molecule has 2 aromatic rings. The van der Waals surface area contributed by atoms with Crippen LogP contribution in [0.1, 0.15) is 35.8 Å². The molecule has 0 spiro atoms. The van der Waals surface area contributed by atoms with Crippen molar-refractivity contribution in [2.75, 3.05) is 18.5 Å². The van der Waals surface area contributed by atoms with E-state index in [4.69, 9.17) is 9.72 Å². The van der Waals surface area contributed by atoms with Crippen LogP contribution >= 0.6 is 0 Å². The maximum Gasteiger partial charge on any atom is 0.0864 e. The van der Waals surface area contributed by atoms with Gasteiger partial charge in [0.25, 0.3) is 0 Å². The van der Waals surface area contributed by atoms with Gasteiger partial charge in [-0.25, -0.2) is 0 Å². The van der Waals surface area contributed by atoms with Gasteiger partial charge < -0.3 is 10.1 Å². The standard InChI is InChI=1S/C16H18N2O/c1-10-4-2-5-11-15(10)18-12-6-3-7-13-14(12)16(11)17-8-9-19-13/h2,4-5,13,17H,3,6-9H2,1H3. The number of aryl methyl sites for hydroxylation is 2. The second-order valence-electron chi connectivity index (χ2n) is 5.50. The van der Waals surface area contributed by atoms with Gasteiger partial charge in [0.2, 0.25) is 0 Å². The van der Waals surface area contributed by atoms with E-state index in [9.17, 15) is 0 Å². The molecule has 0 saturated carbocycles. The molecule has 0 fully saturated rings. The number of benzene rings is 1. The molecule has 1 N–H and O–H groups in total. The lowest BCUT2D eigenvalue weighted by Gasteiger charge is -2.26. The van der Waals surface area contributed by atoms with E-state index in [0.717, 1.165) is 31.5 Å². The summed E-state index contributed by atoms with van der Waals surface area (Å²) in [5.74, 6) is 0. The van der Waals surface area contributed by atoms with E-state index < -0.39 is 0 Å². The number of rotatable bonds is 0. The zero-order chi connectivity index (χ0) is 12.8. The lowest BCUT2D eigenvalue weighted by molar-refractivity contribution is 0.0512. The molecule has 0 radical (unpaired) electrons. The second-order valence-corrected chi connectivity index (χ2v) is 5.50. The number of ether oxygens (including phenoxy) is 1. The van der Waals surface area contributed by atoms with Crippen molar-refractivity contribution in [2.24, 2.45) is 0 Å². The Balaban J connectivity index is 2.09. The summed E-state index contributed by atoms with van der Waals surface area (Å²) in [6.07, 6.45) is 3.63. The number of nitrogens with zero attached hydrogens (tertiary/aromatic N) is 1. The summed E-state index contributed by atoms with van der Waals surface area (Å²) in [7, 11) is 0. The number of fused-ring (bicyclic) bond motifs is 2. The summed E-state index contributed by atoms with van der Waals surface area (Å²) in [4.78, 5) is 4.93.